The topological polar surface area (TPSA) is 90.9 Å². The average molecular weight is 387 g/mol. The number of nitrogens with zero attached hydrogens (tertiary/aromatic N) is 2. The lowest BCUT2D eigenvalue weighted by molar-refractivity contribution is -0.133. The van der Waals surface area contributed by atoms with Crippen LogP contribution in [-0.4, -0.2) is 57.3 Å². The normalized spacial score (nSPS) is 21.8. The molecule has 1 aromatic carbocycles. The van der Waals surface area contributed by atoms with Gasteiger partial charge in [-0.25, -0.2) is 8.42 Å². The highest BCUT2D eigenvalue weighted by Crippen LogP contribution is 2.23. The summed E-state index contributed by atoms with van der Waals surface area (Å²) in [6, 6.07) is 6.21. The van der Waals surface area contributed by atoms with E-state index in [2.05, 4.69) is 15.0 Å². The summed E-state index contributed by atoms with van der Waals surface area (Å²) >= 11 is 0. The number of likely N-dealkylation sites (N-methyl/N-ethyl adjacent to an activating group) is 1. The first-order valence-corrected chi connectivity index (χ1v) is 9.56. The zero-order valence-corrected chi connectivity index (χ0v) is 15.9. The molecule has 2 heterocycles. The van der Waals surface area contributed by atoms with Crippen molar-refractivity contribution in [1.29, 1.82) is 0 Å². The van der Waals surface area contributed by atoms with E-state index in [0.29, 0.717) is 5.56 Å². The SMILES string of the molecule is CC(N=C1NS(=O)(=O)c2ccccc21)C(=O)N(C)C1CCNCC1.Cl. The Morgan fingerprint density at radius 2 is 1.92 bits per heavy atom. The van der Waals surface area contributed by atoms with Crippen LogP contribution in [0.5, 0.6) is 0 Å². The first kappa shape index (κ1) is 19.7. The fourth-order valence-electron chi connectivity index (χ4n) is 3.15. The predicted molar refractivity (Wildman–Crippen MR) is 98.7 cm³/mol. The van der Waals surface area contributed by atoms with E-state index in [1.807, 2.05) is 0 Å². The van der Waals surface area contributed by atoms with Gasteiger partial charge in [0, 0.05) is 18.7 Å². The molecule has 1 aromatic rings. The number of carbonyl (C=O) groups excluding carboxylic acids is 1. The number of hydrogen-bond acceptors (Lipinski definition) is 5. The Hall–Kier alpha value is -1.64. The van der Waals surface area contributed by atoms with Gasteiger partial charge in [0.25, 0.3) is 10.0 Å². The van der Waals surface area contributed by atoms with E-state index < -0.39 is 16.1 Å². The number of piperidine rings is 1. The molecular weight excluding hydrogens is 364 g/mol. The number of nitrogens with one attached hydrogen (secondary N) is 2. The number of rotatable bonds is 3. The third kappa shape index (κ3) is 3.96. The zero-order valence-electron chi connectivity index (χ0n) is 14.2. The fourth-order valence-corrected chi connectivity index (χ4v) is 4.39. The van der Waals surface area contributed by atoms with Crippen molar-refractivity contribution in [3.8, 4) is 0 Å². The molecule has 1 saturated heterocycles. The molecule has 7 nitrogen and oxygen atoms in total. The average Bonchev–Trinajstić information content (AvgIpc) is 2.85. The van der Waals surface area contributed by atoms with Crippen LogP contribution in [0, 0.1) is 0 Å². The van der Waals surface area contributed by atoms with E-state index in [9.17, 15) is 13.2 Å². The second-order valence-corrected chi connectivity index (χ2v) is 7.84. The van der Waals surface area contributed by atoms with E-state index in [1.54, 1.807) is 37.1 Å². The number of carbonyl (C=O) groups is 1. The summed E-state index contributed by atoms with van der Waals surface area (Å²) < 4.78 is 26.6. The van der Waals surface area contributed by atoms with Crippen LogP contribution in [0.1, 0.15) is 25.3 Å². The summed E-state index contributed by atoms with van der Waals surface area (Å²) in [5.74, 6) is 0.142. The van der Waals surface area contributed by atoms with Gasteiger partial charge in [0.2, 0.25) is 5.91 Å². The van der Waals surface area contributed by atoms with E-state index >= 15 is 0 Å². The van der Waals surface area contributed by atoms with Crippen molar-refractivity contribution < 1.29 is 13.2 Å². The summed E-state index contributed by atoms with van der Waals surface area (Å²) in [5, 5.41) is 3.27. The number of benzene rings is 1. The third-order valence-electron chi connectivity index (χ3n) is 4.55. The molecule has 2 N–H and O–H groups in total. The maximum atomic E-state index is 12.6. The second kappa shape index (κ2) is 7.72. The van der Waals surface area contributed by atoms with Crippen molar-refractivity contribution in [2.45, 2.75) is 36.7 Å². The summed E-state index contributed by atoms with van der Waals surface area (Å²) in [7, 11) is -1.79. The standard InChI is InChI=1S/C16H22N4O3S.ClH/c1-11(16(21)20(2)12-7-9-17-10-8-12)18-15-13-5-3-4-6-14(13)24(22,23)19-15;/h3-6,11-12,17H,7-10H2,1-2H3,(H,18,19);1H. The minimum Gasteiger partial charge on any atom is -0.341 e. The summed E-state index contributed by atoms with van der Waals surface area (Å²) in [4.78, 5) is 18.9. The highest BCUT2D eigenvalue weighted by molar-refractivity contribution is 7.90. The van der Waals surface area contributed by atoms with Crippen LogP contribution in [-0.2, 0) is 14.8 Å². The highest BCUT2D eigenvalue weighted by Gasteiger charge is 2.32. The van der Waals surface area contributed by atoms with Gasteiger partial charge < -0.3 is 10.2 Å². The Morgan fingerprint density at radius 3 is 2.60 bits per heavy atom. The van der Waals surface area contributed by atoms with E-state index in [0.717, 1.165) is 25.9 Å². The van der Waals surface area contributed by atoms with Gasteiger partial charge in [0.1, 0.15) is 11.9 Å². The lowest BCUT2D eigenvalue weighted by Crippen LogP contribution is -2.46. The molecule has 1 amide bonds. The van der Waals surface area contributed by atoms with Gasteiger partial charge in [-0.3, -0.25) is 14.5 Å². The number of fused-ring (bicyclic) bond motifs is 1. The molecule has 9 heteroatoms. The smallest absolute Gasteiger partial charge is 0.263 e. The van der Waals surface area contributed by atoms with Gasteiger partial charge in [-0.15, -0.1) is 12.4 Å². The molecule has 25 heavy (non-hydrogen) atoms. The predicted octanol–water partition coefficient (Wildman–Crippen LogP) is 0.746. The largest absolute Gasteiger partial charge is 0.341 e. The molecule has 0 spiro atoms. The van der Waals surface area contributed by atoms with Gasteiger partial charge in [-0.1, -0.05) is 12.1 Å². The van der Waals surface area contributed by atoms with Crippen molar-refractivity contribution >= 4 is 34.2 Å². The summed E-state index contributed by atoms with van der Waals surface area (Å²) in [6.45, 7) is 3.50. The van der Waals surface area contributed by atoms with Crippen molar-refractivity contribution in [3.63, 3.8) is 0 Å². The third-order valence-corrected chi connectivity index (χ3v) is 5.94. The van der Waals surface area contributed by atoms with Crippen molar-refractivity contribution in [1.82, 2.24) is 14.9 Å². The molecule has 138 valence electrons. The van der Waals surface area contributed by atoms with Crippen LogP contribution in [0.2, 0.25) is 0 Å². The van der Waals surface area contributed by atoms with Crippen molar-refractivity contribution in [2.75, 3.05) is 20.1 Å². The quantitative estimate of drug-likeness (QED) is 0.801. The van der Waals surface area contributed by atoms with E-state index in [4.69, 9.17) is 0 Å². The van der Waals surface area contributed by atoms with Crippen molar-refractivity contribution in [2.24, 2.45) is 4.99 Å². The molecule has 2 aliphatic heterocycles. The van der Waals surface area contributed by atoms with Crippen LogP contribution in [0.4, 0.5) is 0 Å². The van der Waals surface area contributed by atoms with Gasteiger partial charge in [-0.2, -0.15) is 0 Å². The number of aliphatic imine (C=N–C) groups is 1. The minimum absolute atomic E-state index is 0. The Balaban J connectivity index is 0.00000225. The maximum Gasteiger partial charge on any atom is 0.263 e. The first-order valence-electron chi connectivity index (χ1n) is 8.07. The molecule has 0 aromatic heterocycles. The Kier molecular flexibility index (Phi) is 6.08. The molecule has 2 aliphatic rings. The Morgan fingerprint density at radius 1 is 1.28 bits per heavy atom. The van der Waals surface area contributed by atoms with Gasteiger partial charge >= 0.3 is 0 Å². The molecule has 1 atom stereocenters. The van der Waals surface area contributed by atoms with Crippen LogP contribution < -0.4 is 10.0 Å². The number of sulfonamides is 1. The van der Waals surface area contributed by atoms with Crippen LogP contribution in [0.25, 0.3) is 0 Å². The highest BCUT2D eigenvalue weighted by atomic mass is 35.5. The van der Waals surface area contributed by atoms with Gasteiger partial charge in [-0.05, 0) is 45.0 Å². The fraction of sp³-hybridized carbons (Fsp3) is 0.500. The lowest BCUT2D eigenvalue weighted by atomic mass is 10.0. The molecule has 0 bridgehead atoms. The maximum absolute atomic E-state index is 12.6. The second-order valence-electron chi connectivity index (χ2n) is 6.19. The minimum atomic E-state index is -3.58. The molecule has 0 radical (unpaired) electrons. The number of hydrogen-bond donors (Lipinski definition) is 2. The van der Waals surface area contributed by atoms with Gasteiger partial charge in [0.05, 0.1) is 4.90 Å². The number of amidine groups is 1. The molecule has 1 fully saturated rings. The lowest BCUT2D eigenvalue weighted by Gasteiger charge is -2.32. The van der Waals surface area contributed by atoms with E-state index in [1.165, 1.54) is 6.07 Å². The molecule has 0 saturated carbocycles. The first-order chi connectivity index (χ1) is 11.4. The van der Waals surface area contributed by atoms with Crippen LogP contribution in [0.3, 0.4) is 0 Å². The zero-order chi connectivity index (χ0) is 17.3. The summed E-state index contributed by atoms with van der Waals surface area (Å²) in [6.07, 6.45) is 1.84. The Bertz CT molecular complexity index is 775. The molecule has 1 unspecified atom stereocenters. The van der Waals surface area contributed by atoms with Crippen LogP contribution in [0.15, 0.2) is 34.2 Å². The molecule has 0 aliphatic carbocycles. The van der Waals surface area contributed by atoms with Crippen LogP contribution >= 0.6 is 12.4 Å². The summed E-state index contributed by atoms with van der Waals surface area (Å²) in [5.41, 5.74) is 0.515. The van der Waals surface area contributed by atoms with Crippen molar-refractivity contribution in [3.05, 3.63) is 29.8 Å². The molecular formula is C16H23ClN4O3S. The van der Waals surface area contributed by atoms with E-state index in [-0.39, 0.29) is 35.1 Å². The Labute approximate surface area is 154 Å². The number of amides is 1. The molecule has 3 rings (SSSR count). The van der Waals surface area contributed by atoms with Gasteiger partial charge in [0.15, 0.2) is 0 Å². The monoisotopic (exact) mass is 386 g/mol. The number of halogens is 1.